The molecule has 0 atom stereocenters. The van der Waals surface area contributed by atoms with Gasteiger partial charge < -0.3 is 24.8 Å². The Balaban J connectivity index is -0.000000422. The summed E-state index contributed by atoms with van der Waals surface area (Å²) in [6, 6.07) is 17.4. The van der Waals surface area contributed by atoms with E-state index in [1.807, 2.05) is 0 Å². The number of hydrogen-bond donors (Lipinski definition) is 0. The van der Waals surface area contributed by atoms with E-state index in [-0.39, 0.29) is 51.0 Å². The molecule has 0 bridgehead atoms. The molecule has 0 heterocycles. The maximum Gasteiger partial charge on any atom is 4.00 e. The Morgan fingerprint density at radius 1 is 0.448 bits per heavy atom. The van der Waals surface area contributed by atoms with E-state index in [0.717, 1.165) is 0 Å². The molecule has 164 valence electrons. The normalized spacial score (nSPS) is 9.45. The third kappa shape index (κ3) is 21.2. The van der Waals surface area contributed by atoms with Gasteiger partial charge in [-0.15, -0.1) is 0 Å². The zero-order valence-electron chi connectivity index (χ0n) is 18.8. The number of halogens is 2. The maximum atomic E-state index is 2.27. The summed E-state index contributed by atoms with van der Waals surface area (Å²) < 4.78 is 0. The molecule has 29 heavy (non-hydrogen) atoms. The molecule has 0 radical (unpaired) electrons. The minimum atomic E-state index is 0. The van der Waals surface area contributed by atoms with Crippen molar-refractivity contribution in [3.05, 3.63) is 59.7 Å². The van der Waals surface area contributed by atoms with Crippen LogP contribution in [-0.2, 0) is 39.0 Å². The van der Waals surface area contributed by atoms with Crippen LogP contribution in [0.2, 0.25) is 0 Å². The molecule has 2 rings (SSSR count). The van der Waals surface area contributed by atoms with Gasteiger partial charge in [-0.1, -0.05) is 104 Å². The van der Waals surface area contributed by atoms with Gasteiger partial charge in [-0.25, -0.2) is 24.3 Å². The maximum absolute atomic E-state index is 2.27. The van der Waals surface area contributed by atoms with Crippen molar-refractivity contribution in [2.45, 2.75) is 104 Å². The second-order valence-corrected chi connectivity index (χ2v) is 7.62. The van der Waals surface area contributed by atoms with Crippen molar-refractivity contribution in [1.82, 2.24) is 0 Å². The number of unbranched alkanes of at least 4 members (excludes halogenated alkanes) is 10. The quantitative estimate of drug-likeness (QED) is 0.268. The third-order valence-electron chi connectivity index (χ3n) is 5.10. The van der Waals surface area contributed by atoms with E-state index in [1.54, 1.807) is 0 Å². The molecular weight excluding hydrogens is 474 g/mol. The van der Waals surface area contributed by atoms with Crippen molar-refractivity contribution >= 4 is 0 Å². The van der Waals surface area contributed by atoms with Gasteiger partial charge in [0.25, 0.3) is 0 Å². The Bertz CT molecular complexity index is 431. The fraction of sp³-hybridized carbons (Fsp3) is 0.615. The monoisotopic (exact) mass is 514 g/mol. The summed E-state index contributed by atoms with van der Waals surface area (Å²) in [7, 11) is 0. The van der Waals surface area contributed by atoms with Crippen LogP contribution in [0.15, 0.2) is 48.5 Å². The molecule has 0 amide bonds. The largest absolute Gasteiger partial charge is 4.00 e. The van der Waals surface area contributed by atoms with Crippen LogP contribution in [0.4, 0.5) is 0 Å². The fourth-order valence-electron chi connectivity index (χ4n) is 3.38. The molecule has 0 aliphatic heterocycles. The van der Waals surface area contributed by atoms with Gasteiger partial charge in [0.2, 0.25) is 0 Å². The molecule has 0 saturated heterocycles. The van der Waals surface area contributed by atoms with E-state index >= 15 is 0 Å². The Morgan fingerprint density at radius 3 is 1.03 bits per heavy atom. The first-order valence-corrected chi connectivity index (χ1v) is 11.3. The molecule has 0 fully saturated rings. The second kappa shape index (κ2) is 26.2. The summed E-state index contributed by atoms with van der Waals surface area (Å²) in [5, 5.41) is 0. The molecule has 3 heteroatoms. The summed E-state index contributed by atoms with van der Waals surface area (Å²) in [4.78, 5) is 0. The van der Waals surface area contributed by atoms with Crippen LogP contribution in [0.5, 0.6) is 0 Å². The molecular formula is C26H42Cl2Zr. The van der Waals surface area contributed by atoms with Gasteiger partial charge in [0.15, 0.2) is 0 Å². The molecule has 0 spiro atoms. The Morgan fingerprint density at radius 2 is 0.724 bits per heavy atom. The van der Waals surface area contributed by atoms with Gasteiger partial charge in [-0.2, -0.15) is 35.4 Å². The van der Waals surface area contributed by atoms with Crippen molar-refractivity contribution in [2.75, 3.05) is 0 Å². The zero-order chi connectivity index (χ0) is 18.7. The number of hydrogen-bond acceptors (Lipinski definition) is 0. The smallest absolute Gasteiger partial charge is 1.00 e. The van der Waals surface area contributed by atoms with Crippen LogP contribution in [0.25, 0.3) is 0 Å². The Labute approximate surface area is 213 Å². The summed E-state index contributed by atoms with van der Waals surface area (Å²) >= 11 is 0. The molecule has 0 nitrogen and oxygen atoms in total. The molecule has 0 aliphatic carbocycles. The first kappa shape index (κ1) is 33.8. The van der Waals surface area contributed by atoms with Crippen LogP contribution in [0.1, 0.15) is 102 Å². The Kier molecular flexibility index (Phi) is 30.5. The van der Waals surface area contributed by atoms with Crippen LogP contribution >= 0.6 is 0 Å². The van der Waals surface area contributed by atoms with E-state index in [1.165, 1.54) is 101 Å². The van der Waals surface area contributed by atoms with E-state index in [9.17, 15) is 0 Å². The molecule has 0 aliphatic rings. The minimum Gasteiger partial charge on any atom is -1.00 e. The van der Waals surface area contributed by atoms with Gasteiger partial charge in [0, 0.05) is 0 Å². The van der Waals surface area contributed by atoms with Crippen molar-refractivity contribution in [3.63, 3.8) is 0 Å². The van der Waals surface area contributed by atoms with Gasteiger partial charge in [-0.05, 0) is 0 Å². The van der Waals surface area contributed by atoms with Crippen molar-refractivity contribution in [3.8, 4) is 0 Å². The average molecular weight is 517 g/mol. The molecule has 0 aromatic heterocycles. The van der Waals surface area contributed by atoms with E-state index in [0.29, 0.717) is 0 Å². The van der Waals surface area contributed by atoms with Gasteiger partial charge in [0.05, 0.1) is 0 Å². The summed E-state index contributed by atoms with van der Waals surface area (Å²) in [6.45, 7) is 4.54. The molecule has 2 aromatic carbocycles. The van der Waals surface area contributed by atoms with Crippen LogP contribution in [0.3, 0.4) is 0 Å². The SMILES string of the molecule is CCCCCCCC[c-]1cccc1.CCCCCCCC[c-]1cccc1.[Cl-].[Cl-].[Zr+4]. The Hall–Kier alpha value is 0.163. The second-order valence-electron chi connectivity index (χ2n) is 7.62. The average Bonchev–Trinajstić information content (AvgIpc) is 3.35. The van der Waals surface area contributed by atoms with Crippen LogP contribution in [-0.4, -0.2) is 0 Å². The fourth-order valence-corrected chi connectivity index (χ4v) is 3.38. The molecule has 0 unspecified atom stereocenters. The number of aryl methyl sites for hydroxylation is 2. The first-order valence-electron chi connectivity index (χ1n) is 11.3. The predicted molar refractivity (Wildman–Crippen MR) is 118 cm³/mol. The number of rotatable bonds is 14. The summed E-state index contributed by atoms with van der Waals surface area (Å²) in [5.41, 5.74) is 3.02. The van der Waals surface area contributed by atoms with E-state index in [4.69, 9.17) is 0 Å². The van der Waals surface area contributed by atoms with Crippen molar-refractivity contribution < 1.29 is 51.0 Å². The van der Waals surface area contributed by atoms with Crippen molar-refractivity contribution in [2.24, 2.45) is 0 Å². The van der Waals surface area contributed by atoms with E-state index in [2.05, 4.69) is 62.4 Å². The summed E-state index contributed by atoms with van der Waals surface area (Å²) in [5.74, 6) is 0. The first-order chi connectivity index (χ1) is 12.9. The standard InChI is InChI=1S/2C13H21.2ClH.Zr/c2*1-2-3-4-5-6-7-10-13-11-8-9-12-13;;;/h2*8-9,11-12H,2-7,10H2,1H3;2*1H;/q2*-1;;;+4/p-2. The molecule has 0 saturated carbocycles. The third-order valence-corrected chi connectivity index (χ3v) is 5.10. The summed E-state index contributed by atoms with van der Waals surface area (Å²) in [6.07, 6.45) is 19.3. The van der Waals surface area contributed by atoms with Crippen LogP contribution in [0, 0.1) is 0 Å². The van der Waals surface area contributed by atoms with Gasteiger partial charge >= 0.3 is 26.2 Å². The van der Waals surface area contributed by atoms with Gasteiger partial charge in [-0.3, -0.25) is 0 Å². The minimum absolute atomic E-state index is 0. The zero-order valence-corrected chi connectivity index (χ0v) is 22.7. The predicted octanol–water partition coefficient (Wildman–Crippen LogP) is 2.62. The van der Waals surface area contributed by atoms with Crippen molar-refractivity contribution in [1.29, 1.82) is 0 Å². The van der Waals surface area contributed by atoms with Crippen LogP contribution < -0.4 is 24.8 Å². The van der Waals surface area contributed by atoms with E-state index < -0.39 is 0 Å². The molecule has 0 N–H and O–H groups in total. The topological polar surface area (TPSA) is 0 Å². The van der Waals surface area contributed by atoms with Gasteiger partial charge in [0.1, 0.15) is 0 Å². The molecule has 2 aromatic rings.